The third kappa shape index (κ3) is 4.03. The van der Waals surface area contributed by atoms with Gasteiger partial charge in [0.15, 0.2) is 0 Å². The van der Waals surface area contributed by atoms with E-state index in [0.29, 0.717) is 26.2 Å². The first kappa shape index (κ1) is 15.5. The third-order valence-electron chi connectivity index (χ3n) is 3.55. The summed E-state index contributed by atoms with van der Waals surface area (Å²) in [5.41, 5.74) is 11.8. The molecule has 0 saturated carbocycles. The monoisotopic (exact) mass is 285 g/mol. The van der Waals surface area contributed by atoms with Crippen LogP contribution >= 0.6 is 0 Å². The summed E-state index contributed by atoms with van der Waals surface area (Å²) in [4.78, 5) is 14.5. The van der Waals surface area contributed by atoms with Crippen molar-refractivity contribution in [3.63, 3.8) is 0 Å². The zero-order valence-corrected chi connectivity index (χ0v) is 12.3. The number of rotatable bonds is 7. The molecule has 21 heavy (non-hydrogen) atoms. The Bertz CT molecular complexity index is 589. The molecule has 4 N–H and O–H groups in total. The molecule has 0 bridgehead atoms. The lowest BCUT2D eigenvalue weighted by molar-refractivity contribution is 0.0754. The fraction of sp³-hybridized carbons (Fsp3) is 0.353. The highest BCUT2D eigenvalue weighted by atomic mass is 16.2. The lowest BCUT2D eigenvalue weighted by atomic mass is 10.1. The van der Waals surface area contributed by atoms with E-state index in [1.165, 1.54) is 0 Å². The van der Waals surface area contributed by atoms with E-state index < -0.39 is 0 Å². The molecule has 0 unspecified atom stereocenters. The summed E-state index contributed by atoms with van der Waals surface area (Å²) < 4.78 is 0. The highest BCUT2D eigenvalue weighted by Gasteiger charge is 2.15. The van der Waals surface area contributed by atoms with Crippen molar-refractivity contribution in [2.75, 3.05) is 26.2 Å². The lowest BCUT2D eigenvalue weighted by Gasteiger charge is -2.22. The van der Waals surface area contributed by atoms with Gasteiger partial charge in [0.1, 0.15) is 0 Å². The number of hydrogen-bond donors (Lipinski definition) is 2. The molecule has 1 amide bonds. The Morgan fingerprint density at radius 1 is 0.905 bits per heavy atom. The fourth-order valence-corrected chi connectivity index (χ4v) is 2.38. The normalized spacial score (nSPS) is 10.8. The number of amides is 1. The minimum Gasteiger partial charge on any atom is -0.339 e. The molecule has 4 nitrogen and oxygen atoms in total. The summed E-state index contributed by atoms with van der Waals surface area (Å²) in [5.74, 6) is 0.0580. The van der Waals surface area contributed by atoms with Gasteiger partial charge >= 0.3 is 0 Å². The molecule has 0 aromatic heterocycles. The Morgan fingerprint density at radius 3 is 2.14 bits per heavy atom. The smallest absolute Gasteiger partial charge is 0.253 e. The Balaban J connectivity index is 2.20. The summed E-state index contributed by atoms with van der Waals surface area (Å²) in [6, 6.07) is 13.9. The molecule has 0 heterocycles. The van der Waals surface area contributed by atoms with Gasteiger partial charge in [-0.2, -0.15) is 0 Å². The van der Waals surface area contributed by atoms with Crippen LogP contribution in [-0.4, -0.2) is 37.0 Å². The average molecular weight is 285 g/mol. The van der Waals surface area contributed by atoms with Crippen LogP contribution in [0.3, 0.4) is 0 Å². The first-order valence-corrected chi connectivity index (χ1v) is 7.44. The van der Waals surface area contributed by atoms with Crippen LogP contribution in [0.2, 0.25) is 0 Å². The van der Waals surface area contributed by atoms with E-state index in [9.17, 15) is 4.79 Å². The zero-order chi connectivity index (χ0) is 15.1. The van der Waals surface area contributed by atoms with Gasteiger partial charge in [0, 0.05) is 18.7 Å². The number of carbonyl (C=O) groups excluding carboxylic acids is 1. The molecule has 2 aromatic carbocycles. The number of nitrogens with zero attached hydrogens (tertiary/aromatic N) is 1. The molecule has 2 rings (SSSR count). The minimum atomic E-state index is 0.0580. The second-order valence-corrected chi connectivity index (χ2v) is 5.14. The van der Waals surface area contributed by atoms with Gasteiger partial charge in [0.25, 0.3) is 5.91 Å². The van der Waals surface area contributed by atoms with Gasteiger partial charge in [-0.1, -0.05) is 30.3 Å². The van der Waals surface area contributed by atoms with Crippen molar-refractivity contribution in [1.29, 1.82) is 0 Å². The second-order valence-electron chi connectivity index (χ2n) is 5.14. The van der Waals surface area contributed by atoms with Crippen LogP contribution < -0.4 is 11.5 Å². The number of fused-ring (bicyclic) bond motifs is 1. The summed E-state index contributed by atoms with van der Waals surface area (Å²) in [5, 5.41) is 2.23. The maximum Gasteiger partial charge on any atom is 0.253 e. The summed E-state index contributed by atoms with van der Waals surface area (Å²) in [6.07, 6.45) is 1.62. The highest BCUT2D eigenvalue weighted by molar-refractivity contribution is 5.98. The number of benzene rings is 2. The van der Waals surface area contributed by atoms with E-state index in [0.717, 1.165) is 29.2 Å². The molecule has 0 fully saturated rings. The molecule has 4 heteroatoms. The number of hydrogen-bond acceptors (Lipinski definition) is 3. The average Bonchev–Trinajstić information content (AvgIpc) is 2.54. The van der Waals surface area contributed by atoms with Crippen LogP contribution in [0.1, 0.15) is 23.2 Å². The van der Waals surface area contributed by atoms with Crippen molar-refractivity contribution in [3.8, 4) is 0 Å². The molecule has 2 aromatic rings. The van der Waals surface area contributed by atoms with Crippen molar-refractivity contribution >= 4 is 16.7 Å². The Morgan fingerprint density at radius 2 is 1.52 bits per heavy atom. The number of nitrogens with two attached hydrogens (primary N) is 2. The van der Waals surface area contributed by atoms with Crippen molar-refractivity contribution in [2.24, 2.45) is 11.5 Å². The second kappa shape index (κ2) is 7.76. The van der Waals surface area contributed by atoms with Crippen molar-refractivity contribution in [1.82, 2.24) is 4.90 Å². The Kier molecular flexibility index (Phi) is 5.72. The van der Waals surface area contributed by atoms with E-state index in [-0.39, 0.29) is 5.91 Å². The molecule has 0 aliphatic heterocycles. The molecule has 0 aliphatic rings. The van der Waals surface area contributed by atoms with Gasteiger partial charge in [-0.3, -0.25) is 4.79 Å². The molecule has 0 saturated heterocycles. The SMILES string of the molecule is NCCCN(CCCN)C(=O)c1ccc2ccccc2c1. The van der Waals surface area contributed by atoms with Crippen LogP contribution in [0.4, 0.5) is 0 Å². The van der Waals surface area contributed by atoms with Crippen LogP contribution in [-0.2, 0) is 0 Å². The predicted octanol–water partition coefficient (Wildman–Crippen LogP) is 1.98. The maximum absolute atomic E-state index is 12.6. The molecule has 112 valence electrons. The van der Waals surface area contributed by atoms with Crippen molar-refractivity contribution in [3.05, 3.63) is 48.0 Å². The van der Waals surface area contributed by atoms with Crippen LogP contribution in [0.15, 0.2) is 42.5 Å². The van der Waals surface area contributed by atoms with Crippen molar-refractivity contribution in [2.45, 2.75) is 12.8 Å². The van der Waals surface area contributed by atoms with E-state index in [1.54, 1.807) is 0 Å². The van der Waals surface area contributed by atoms with Crippen molar-refractivity contribution < 1.29 is 4.79 Å². The summed E-state index contributed by atoms with van der Waals surface area (Å²) in [6.45, 7) is 2.54. The topological polar surface area (TPSA) is 72.3 Å². The first-order chi connectivity index (χ1) is 10.3. The van der Waals surface area contributed by atoms with E-state index >= 15 is 0 Å². The quantitative estimate of drug-likeness (QED) is 0.817. The largest absolute Gasteiger partial charge is 0.339 e. The molecular formula is C17H23N3O. The summed E-state index contributed by atoms with van der Waals surface area (Å²) >= 11 is 0. The maximum atomic E-state index is 12.6. The van der Waals surface area contributed by atoms with Gasteiger partial charge in [0.2, 0.25) is 0 Å². The third-order valence-corrected chi connectivity index (χ3v) is 3.55. The molecule has 0 atom stereocenters. The van der Waals surface area contributed by atoms with E-state index in [4.69, 9.17) is 11.5 Å². The fourth-order valence-electron chi connectivity index (χ4n) is 2.38. The van der Waals surface area contributed by atoms with Gasteiger partial charge in [-0.15, -0.1) is 0 Å². The van der Waals surface area contributed by atoms with E-state index in [1.807, 2.05) is 47.4 Å². The highest BCUT2D eigenvalue weighted by Crippen LogP contribution is 2.17. The van der Waals surface area contributed by atoms with Crippen LogP contribution in [0.25, 0.3) is 10.8 Å². The predicted molar refractivity (Wildman–Crippen MR) is 87.2 cm³/mol. The van der Waals surface area contributed by atoms with Gasteiger partial charge < -0.3 is 16.4 Å². The molecule has 0 aliphatic carbocycles. The molecular weight excluding hydrogens is 262 g/mol. The van der Waals surface area contributed by atoms with Gasteiger partial charge in [0.05, 0.1) is 0 Å². The molecule has 0 spiro atoms. The van der Waals surface area contributed by atoms with Crippen LogP contribution in [0.5, 0.6) is 0 Å². The lowest BCUT2D eigenvalue weighted by Crippen LogP contribution is -2.34. The van der Waals surface area contributed by atoms with Gasteiger partial charge in [-0.25, -0.2) is 0 Å². The van der Waals surface area contributed by atoms with Crippen LogP contribution in [0, 0.1) is 0 Å². The standard InChI is InChI=1S/C17H23N3O/c18-9-3-11-20(12-4-10-19)17(21)16-8-7-14-5-1-2-6-15(14)13-16/h1-2,5-8,13H,3-4,9-12,18-19H2. The Hall–Kier alpha value is -1.91. The number of carbonyl (C=O) groups is 1. The summed E-state index contributed by atoms with van der Waals surface area (Å²) in [7, 11) is 0. The molecule has 0 radical (unpaired) electrons. The van der Waals surface area contributed by atoms with E-state index in [2.05, 4.69) is 0 Å². The first-order valence-electron chi connectivity index (χ1n) is 7.44. The Labute approximate surface area is 125 Å². The van der Waals surface area contributed by atoms with Gasteiger partial charge in [-0.05, 0) is 48.8 Å². The zero-order valence-electron chi connectivity index (χ0n) is 12.3. The minimum absolute atomic E-state index is 0.0580.